The number of rotatable bonds is 11. The molecule has 4 N–H and O–H groups in total. The zero-order valence-electron chi connectivity index (χ0n) is 28.0. The number of benzene rings is 1. The van der Waals surface area contributed by atoms with E-state index in [0.717, 1.165) is 0 Å². The van der Waals surface area contributed by atoms with Crippen LogP contribution in [0.1, 0.15) is 71.9 Å². The molecule has 0 spiro atoms. The molecule has 2 heterocycles. The number of esters is 1. The van der Waals surface area contributed by atoms with Gasteiger partial charge in [0.05, 0.1) is 16.3 Å². The van der Waals surface area contributed by atoms with E-state index < -0.39 is 63.7 Å². The molecule has 0 bridgehead atoms. The highest BCUT2D eigenvalue weighted by atomic mass is 35.6. The number of aliphatic hydroxyl groups is 1. The first kappa shape index (κ1) is 39.2. The lowest BCUT2D eigenvalue weighted by molar-refractivity contribution is -0.152. The maximum atomic E-state index is 13.4. The number of aromatic nitrogens is 2. The first-order valence-electron chi connectivity index (χ1n) is 15.5. The number of aliphatic hydroxyl groups excluding tert-OH is 1. The number of alkyl halides is 3. The highest BCUT2D eigenvalue weighted by Crippen LogP contribution is 2.26. The van der Waals surface area contributed by atoms with Gasteiger partial charge in [0.2, 0.25) is 15.6 Å². The van der Waals surface area contributed by atoms with Crippen LogP contribution in [0.3, 0.4) is 0 Å². The molecule has 2 aromatic rings. The Morgan fingerprint density at radius 3 is 2.42 bits per heavy atom. The monoisotopic (exact) mass is 728 g/mol. The van der Waals surface area contributed by atoms with Crippen LogP contribution < -0.4 is 21.6 Å². The summed E-state index contributed by atoms with van der Waals surface area (Å²) in [6.45, 7) is 9.82. The fourth-order valence-corrected chi connectivity index (χ4v) is 5.16. The lowest BCUT2D eigenvalue weighted by Crippen LogP contribution is -2.61. The summed E-state index contributed by atoms with van der Waals surface area (Å²) in [5, 5.41) is 17.1. The number of nitrogens with zero attached hydrogens (tertiary/aromatic N) is 3. The fraction of sp³-hybridized carbons (Fsp3) is 0.562. The smallest absolute Gasteiger partial charge is 0.325 e. The summed E-state index contributed by atoms with van der Waals surface area (Å²) in [4.78, 5) is 69.5. The summed E-state index contributed by atoms with van der Waals surface area (Å²) in [6.07, 6.45) is 3.36. The van der Waals surface area contributed by atoms with Gasteiger partial charge >= 0.3 is 5.97 Å². The van der Waals surface area contributed by atoms with Crippen molar-refractivity contribution in [3.05, 3.63) is 46.0 Å². The lowest BCUT2D eigenvalue weighted by Gasteiger charge is -2.35. The number of carbonyl (C=O) groups excluding carboxylic acids is 4. The molecule has 0 aliphatic carbocycles. The van der Waals surface area contributed by atoms with Gasteiger partial charge in [-0.1, -0.05) is 66.9 Å². The zero-order chi connectivity index (χ0) is 36.1. The molecule has 0 unspecified atom stereocenters. The predicted octanol–water partition coefficient (Wildman–Crippen LogP) is 3.08. The molecule has 264 valence electrons. The second kappa shape index (κ2) is 16.0. The highest BCUT2D eigenvalue weighted by Gasteiger charge is 2.35. The second-order valence-electron chi connectivity index (χ2n) is 12.8. The van der Waals surface area contributed by atoms with Crippen LogP contribution in [-0.2, 0) is 31.0 Å². The van der Waals surface area contributed by atoms with E-state index in [9.17, 15) is 29.1 Å². The molecule has 1 aliphatic heterocycles. The topological polar surface area (TPSA) is 172 Å². The van der Waals surface area contributed by atoms with Gasteiger partial charge in [-0.05, 0) is 64.2 Å². The van der Waals surface area contributed by atoms with Crippen molar-refractivity contribution in [2.24, 2.45) is 18.4 Å². The van der Waals surface area contributed by atoms with Gasteiger partial charge in [0.15, 0.2) is 0 Å². The SMILES string of the molecule is CC(C)[C@H](NC(=O)C(C)(C)C=Cc1ccc2c(=O)n(C)c([C@@H](C)O)nc2c1)C(=O)N[C@@H](C)C(=O)N1CCC[C@@H](C(=O)OCC(Cl)(Cl)Cl)N1. The molecular formula is C32H43Cl3N6O7. The second-order valence-corrected chi connectivity index (χ2v) is 15.3. The van der Waals surface area contributed by atoms with Crippen LogP contribution in [0.5, 0.6) is 0 Å². The van der Waals surface area contributed by atoms with E-state index >= 15 is 0 Å². The maximum absolute atomic E-state index is 13.4. The molecule has 1 aromatic heterocycles. The molecule has 1 fully saturated rings. The van der Waals surface area contributed by atoms with Gasteiger partial charge in [0.25, 0.3) is 11.5 Å². The minimum absolute atomic E-state index is 0.233. The number of ether oxygens (including phenoxy) is 1. The zero-order valence-corrected chi connectivity index (χ0v) is 30.2. The van der Waals surface area contributed by atoms with E-state index in [1.54, 1.807) is 65.1 Å². The summed E-state index contributed by atoms with van der Waals surface area (Å²) < 4.78 is 4.57. The van der Waals surface area contributed by atoms with E-state index in [0.29, 0.717) is 35.9 Å². The summed E-state index contributed by atoms with van der Waals surface area (Å²) in [6, 6.07) is 2.28. The lowest BCUT2D eigenvalue weighted by atomic mass is 9.89. The molecule has 1 aromatic carbocycles. The number of nitrogens with one attached hydrogen (secondary N) is 3. The van der Waals surface area contributed by atoms with E-state index in [-0.39, 0.29) is 17.3 Å². The molecule has 3 rings (SSSR count). The Morgan fingerprint density at radius 2 is 1.81 bits per heavy atom. The minimum Gasteiger partial charge on any atom is -0.460 e. The first-order valence-corrected chi connectivity index (χ1v) is 16.7. The molecule has 0 saturated carbocycles. The van der Waals surface area contributed by atoms with Gasteiger partial charge in [0.1, 0.15) is 36.7 Å². The number of amides is 3. The van der Waals surface area contributed by atoms with Crippen LogP contribution >= 0.6 is 34.8 Å². The number of carbonyl (C=O) groups is 4. The Hall–Kier alpha value is -3.23. The third-order valence-corrected chi connectivity index (χ3v) is 8.19. The van der Waals surface area contributed by atoms with Crippen molar-refractivity contribution in [2.75, 3.05) is 13.2 Å². The highest BCUT2D eigenvalue weighted by molar-refractivity contribution is 6.67. The normalized spacial score (nSPS) is 17.7. The number of hydrogen-bond donors (Lipinski definition) is 4. The third kappa shape index (κ3) is 10.1. The standard InChI is InChI=1S/C32H43Cl3N6O7/c1-17(2)24(26(43)36-18(3)27(44)41-14-8-9-22(39-41)29(46)48-16-32(33,34)35)38-30(47)31(5,6)13-12-20-10-11-21-23(15-20)37-25(19(4)42)40(7)28(21)45/h10-13,15,17-19,22,24,39,42H,8-9,14,16H2,1-7H3,(H,36,43)(H,38,47)/t18-,19+,22-,24-/m0/s1. The van der Waals surface area contributed by atoms with Crippen molar-refractivity contribution in [1.82, 2.24) is 30.6 Å². The molecule has 13 nitrogen and oxygen atoms in total. The van der Waals surface area contributed by atoms with Crippen LogP contribution in [0.4, 0.5) is 0 Å². The Kier molecular flexibility index (Phi) is 13.1. The quantitative estimate of drug-likeness (QED) is 0.200. The number of hydrogen-bond acceptors (Lipinski definition) is 9. The summed E-state index contributed by atoms with van der Waals surface area (Å²) >= 11 is 16.9. The Balaban J connectivity index is 1.66. The predicted molar refractivity (Wildman–Crippen MR) is 184 cm³/mol. The van der Waals surface area contributed by atoms with E-state index in [4.69, 9.17) is 39.5 Å². The van der Waals surface area contributed by atoms with E-state index in [1.807, 2.05) is 0 Å². The summed E-state index contributed by atoms with van der Waals surface area (Å²) in [5.41, 5.74) is 2.56. The average Bonchev–Trinajstić information content (AvgIpc) is 3.01. The average molecular weight is 730 g/mol. The molecular weight excluding hydrogens is 687 g/mol. The van der Waals surface area contributed by atoms with Gasteiger partial charge in [-0.25, -0.2) is 10.4 Å². The van der Waals surface area contributed by atoms with Crippen LogP contribution in [0.25, 0.3) is 17.0 Å². The van der Waals surface area contributed by atoms with Crippen molar-refractivity contribution < 1.29 is 29.0 Å². The van der Waals surface area contributed by atoms with Crippen LogP contribution in [0, 0.1) is 11.3 Å². The van der Waals surface area contributed by atoms with Crippen LogP contribution in [-0.4, -0.2) is 78.4 Å². The van der Waals surface area contributed by atoms with Crippen molar-refractivity contribution >= 4 is 75.5 Å². The van der Waals surface area contributed by atoms with Crippen LogP contribution in [0.15, 0.2) is 29.1 Å². The molecule has 0 radical (unpaired) electrons. The molecule has 3 amide bonds. The summed E-state index contributed by atoms with van der Waals surface area (Å²) in [7, 11) is 1.55. The van der Waals surface area contributed by atoms with Gasteiger partial charge in [-0.15, -0.1) is 0 Å². The van der Waals surface area contributed by atoms with Gasteiger partial charge in [-0.3, -0.25) is 33.5 Å². The van der Waals surface area contributed by atoms with E-state index in [2.05, 4.69) is 21.0 Å². The Bertz CT molecular complexity index is 1620. The molecule has 48 heavy (non-hydrogen) atoms. The minimum atomic E-state index is -1.77. The van der Waals surface area contributed by atoms with Gasteiger partial charge in [0, 0.05) is 13.6 Å². The Labute approximate surface area is 294 Å². The number of hydrazine groups is 1. The van der Waals surface area contributed by atoms with Gasteiger partial charge < -0.3 is 20.5 Å². The van der Waals surface area contributed by atoms with E-state index in [1.165, 1.54) is 23.4 Å². The fourth-order valence-electron chi connectivity index (χ4n) is 4.99. The third-order valence-electron chi connectivity index (χ3n) is 7.87. The molecule has 1 saturated heterocycles. The number of halogens is 3. The van der Waals surface area contributed by atoms with Crippen molar-refractivity contribution in [2.45, 2.75) is 82.4 Å². The van der Waals surface area contributed by atoms with Crippen molar-refractivity contribution in [3.8, 4) is 0 Å². The van der Waals surface area contributed by atoms with Crippen molar-refractivity contribution in [1.29, 1.82) is 0 Å². The summed E-state index contributed by atoms with van der Waals surface area (Å²) in [5.74, 6) is -2.23. The molecule has 1 aliphatic rings. The van der Waals surface area contributed by atoms with Crippen LogP contribution in [0.2, 0.25) is 0 Å². The van der Waals surface area contributed by atoms with Gasteiger partial charge in [-0.2, -0.15) is 0 Å². The molecule has 16 heteroatoms. The molecule has 4 atom stereocenters. The Morgan fingerprint density at radius 1 is 1.15 bits per heavy atom. The largest absolute Gasteiger partial charge is 0.460 e. The first-order chi connectivity index (χ1) is 22.2. The maximum Gasteiger partial charge on any atom is 0.325 e. The number of fused-ring (bicyclic) bond motifs is 1. The van der Waals surface area contributed by atoms with Crippen molar-refractivity contribution in [3.63, 3.8) is 0 Å².